The van der Waals surface area contributed by atoms with Crippen LogP contribution in [-0.4, -0.2) is 106 Å². The number of imide groups is 2. The monoisotopic (exact) mass is 796 g/mol. The van der Waals surface area contributed by atoms with Crippen molar-refractivity contribution >= 4 is 80.6 Å². The van der Waals surface area contributed by atoms with Crippen LogP contribution >= 0.6 is 22.9 Å². The molecule has 2 aromatic carbocycles. The first-order chi connectivity index (χ1) is 27.0. The largest absolute Gasteiger partial charge is 0.369 e. The van der Waals surface area contributed by atoms with Crippen LogP contribution in [-0.2, 0) is 9.59 Å². The number of fused-ring (bicyclic) bond motifs is 1. The molecule has 0 bridgehead atoms. The summed E-state index contributed by atoms with van der Waals surface area (Å²) < 4.78 is 0. The maximum atomic E-state index is 13.3. The number of benzene rings is 2. The van der Waals surface area contributed by atoms with Gasteiger partial charge in [0.25, 0.3) is 17.7 Å². The number of rotatable bonds is 9. The average molecular weight is 797 g/mol. The van der Waals surface area contributed by atoms with Gasteiger partial charge in [0.15, 0.2) is 5.13 Å². The smallest absolute Gasteiger partial charge is 0.267 e. The van der Waals surface area contributed by atoms with Crippen LogP contribution in [0.2, 0.25) is 5.02 Å². The van der Waals surface area contributed by atoms with Crippen LogP contribution in [0.4, 0.5) is 28.1 Å². The van der Waals surface area contributed by atoms with Gasteiger partial charge < -0.3 is 20.4 Å². The number of piperazine rings is 1. The highest BCUT2D eigenvalue weighted by molar-refractivity contribution is 7.17. The van der Waals surface area contributed by atoms with Gasteiger partial charge in [-0.25, -0.2) is 15.0 Å². The van der Waals surface area contributed by atoms with Crippen LogP contribution in [0.5, 0.6) is 0 Å². The summed E-state index contributed by atoms with van der Waals surface area (Å²) in [5.74, 6) is 0.382. The summed E-state index contributed by atoms with van der Waals surface area (Å²) in [5.41, 5.74) is 2.92. The molecule has 0 spiro atoms. The summed E-state index contributed by atoms with van der Waals surface area (Å²) in [4.78, 5) is 85.6. The van der Waals surface area contributed by atoms with Gasteiger partial charge in [-0.1, -0.05) is 35.1 Å². The minimum atomic E-state index is -0.977. The van der Waals surface area contributed by atoms with E-state index in [1.165, 1.54) is 17.5 Å². The molecule has 4 aromatic rings. The molecule has 56 heavy (non-hydrogen) atoms. The minimum absolute atomic E-state index is 0.0888. The van der Waals surface area contributed by atoms with Gasteiger partial charge >= 0.3 is 0 Å². The van der Waals surface area contributed by atoms with Crippen molar-refractivity contribution in [3.05, 3.63) is 81.1 Å². The lowest BCUT2D eigenvalue weighted by Gasteiger charge is -2.40. The van der Waals surface area contributed by atoms with E-state index in [0.717, 1.165) is 80.6 Å². The van der Waals surface area contributed by atoms with E-state index < -0.39 is 29.7 Å². The summed E-state index contributed by atoms with van der Waals surface area (Å²) in [6, 6.07) is 11.7. The number of hydrogen-bond acceptors (Lipinski definition) is 13. The molecule has 3 N–H and O–H groups in total. The van der Waals surface area contributed by atoms with Crippen molar-refractivity contribution in [2.45, 2.75) is 45.6 Å². The molecule has 1 atom stereocenters. The Hall–Kier alpha value is -5.45. The molecule has 3 fully saturated rings. The summed E-state index contributed by atoms with van der Waals surface area (Å²) in [7, 11) is 0. The SMILES string of the molecule is Cc1nc(Nc2ncc(C(=O)Nc3c(C)cccc3Cl)s2)cc(N2CCC(CN3CCN(c4ccc5c(c4)C(=O)N(C4CCC(=O)NC4=O)C5=O)CC3)CC2)n1. The molecule has 5 amide bonds. The Morgan fingerprint density at radius 1 is 0.911 bits per heavy atom. The van der Waals surface area contributed by atoms with E-state index >= 15 is 0 Å². The van der Waals surface area contributed by atoms with Crippen molar-refractivity contribution in [3.63, 3.8) is 0 Å². The fourth-order valence-corrected chi connectivity index (χ4v) is 8.83. The summed E-state index contributed by atoms with van der Waals surface area (Å²) in [5, 5.41) is 9.41. The van der Waals surface area contributed by atoms with Crippen molar-refractivity contribution in [2.75, 3.05) is 66.2 Å². The number of carbonyl (C=O) groups excluding carboxylic acids is 5. The zero-order chi connectivity index (χ0) is 39.1. The number of para-hydroxylation sites is 1. The van der Waals surface area contributed by atoms with Gasteiger partial charge in [-0.15, -0.1) is 0 Å². The summed E-state index contributed by atoms with van der Waals surface area (Å²) >= 11 is 7.53. The Morgan fingerprint density at radius 3 is 2.43 bits per heavy atom. The predicted octanol–water partition coefficient (Wildman–Crippen LogP) is 4.64. The van der Waals surface area contributed by atoms with Crippen LogP contribution < -0.4 is 25.8 Å². The Labute approximate surface area is 332 Å². The van der Waals surface area contributed by atoms with Gasteiger partial charge in [0, 0.05) is 64.0 Å². The lowest BCUT2D eigenvalue weighted by molar-refractivity contribution is -0.136. The van der Waals surface area contributed by atoms with E-state index in [2.05, 4.69) is 40.6 Å². The molecule has 290 valence electrons. The number of nitrogens with zero attached hydrogens (tertiary/aromatic N) is 7. The molecule has 0 saturated carbocycles. The third-order valence-electron chi connectivity index (χ3n) is 10.9. The Balaban J connectivity index is 0.817. The van der Waals surface area contributed by atoms with Crippen molar-refractivity contribution in [1.82, 2.24) is 30.1 Å². The summed E-state index contributed by atoms with van der Waals surface area (Å²) in [6.45, 7) is 9.86. The number of anilines is 5. The van der Waals surface area contributed by atoms with Crippen LogP contribution in [0.25, 0.3) is 0 Å². The summed E-state index contributed by atoms with van der Waals surface area (Å²) in [6.07, 6.45) is 3.82. The minimum Gasteiger partial charge on any atom is -0.369 e. The van der Waals surface area contributed by atoms with Gasteiger partial charge in [0.2, 0.25) is 11.8 Å². The molecule has 0 aliphatic carbocycles. The van der Waals surface area contributed by atoms with Gasteiger partial charge in [0.1, 0.15) is 28.4 Å². The number of amides is 5. The molecule has 0 radical (unpaired) electrons. The standard InChI is InChI=1S/C39H41ClN10O5S/c1-22-4-3-5-28(40)34(22)46-36(53)30-20-41-39(56-30)44-31-19-32(43-23(2)42-31)49-12-10-24(11-13-49)21-47-14-16-48(17-15-47)25-6-7-26-27(18-25)38(55)50(37(26)54)29-8-9-33(51)45-35(29)52/h3-7,18-20,24,29H,8-17,21H2,1-2H3,(H,46,53)(H,45,51,52)(H,41,42,43,44). The average Bonchev–Trinajstić information content (AvgIpc) is 3.75. The Kier molecular flexibility index (Phi) is 10.4. The van der Waals surface area contributed by atoms with E-state index in [1.54, 1.807) is 18.2 Å². The molecule has 17 heteroatoms. The van der Waals surface area contributed by atoms with Gasteiger partial charge in [-0.2, -0.15) is 0 Å². The quantitative estimate of drug-likeness (QED) is 0.201. The van der Waals surface area contributed by atoms with Crippen molar-refractivity contribution < 1.29 is 24.0 Å². The third kappa shape index (κ3) is 7.68. The molecule has 8 rings (SSSR count). The first-order valence-corrected chi connectivity index (χ1v) is 19.9. The van der Waals surface area contributed by atoms with Crippen LogP contribution in [0, 0.1) is 19.8 Å². The number of carbonyl (C=O) groups is 5. The number of hydrogen-bond donors (Lipinski definition) is 3. The van der Waals surface area contributed by atoms with Gasteiger partial charge in [-0.3, -0.25) is 39.1 Å². The molecule has 4 aliphatic rings. The van der Waals surface area contributed by atoms with E-state index in [-0.39, 0.29) is 18.7 Å². The molecule has 6 heterocycles. The second-order valence-corrected chi connectivity index (χ2v) is 16.0. The van der Waals surface area contributed by atoms with Crippen molar-refractivity contribution in [3.8, 4) is 0 Å². The second-order valence-electron chi connectivity index (χ2n) is 14.6. The number of thiazole rings is 1. The van der Waals surface area contributed by atoms with Crippen LogP contribution in [0.1, 0.15) is 67.5 Å². The first-order valence-electron chi connectivity index (χ1n) is 18.7. The lowest BCUT2D eigenvalue weighted by atomic mass is 9.96. The van der Waals surface area contributed by atoms with Crippen molar-refractivity contribution in [1.29, 1.82) is 0 Å². The predicted molar refractivity (Wildman–Crippen MR) is 213 cm³/mol. The number of aromatic nitrogens is 3. The van der Waals surface area contributed by atoms with E-state index in [1.807, 2.05) is 38.1 Å². The molecular weight excluding hydrogens is 756 g/mol. The molecule has 15 nitrogen and oxygen atoms in total. The number of piperidine rings is 2. The Morgan fingerprint density at radius 2 is 1.68 bits per heavy atom. The molecule has 4 aliphatic heterocycles. The number of nitrogens with one attached hydrogen (secondary N) is 3. The lowest BCUT2D eigenvalue weighted by Crippen LogP contribution is -2.54. The second kappa shape index (κ2) is 15.6. The molecule has 1 unspecified atom stereocenters. The van der Waals surface area contributed by atoms with Gasteiger partial charge in [-0.05, 0) is 68.9 Å². The third-order valence-corrected chi connectivity index (χ3v) is 12.1. The van der Waals surface area contributed by atoms with E-state index in [0.29, 0.717) is 49.4 Å². The van der Waals surface area contributed by atoms with Crippen LogP contribution in [0.3, 0.4) is 0 Å². The van der Waals surface area contributed by atoms with E-state index in [9.17, 15) is 24.0 Å². The highest BCUT2D eigenvalue weighted by atomic mass is 35.5. The number of aryl methyl sites for hydroxylation is 2. The molecular formula is C39H41ClN10O5S. The normalized spacial score (nSPS) is 19.3. The topological polar surface area (TPSA) is 173 Å². The highest BCUT2D eigenvalue weighted by Crippen LogP contribution is 2.33. The fourth-order valence-electron chi connectivity index (χ4n) is 7.84. The fraction of sp³-hybridized carbons (Fsp3) is 0.385. The van der Waals surface area contributed by atoms with E-state index in [4.69, 9.17) is 16.6 Å². The van der Waals surface area contributed by atoms with Crippen molar-refractivity contribution in [2.24, 2.45) is 5.92 Å². The Bertz CT molecular complexity index is 2210. The maximum Gasteiger partial charge on any atom is 0.267 e. The first kappa shape index (κ1) is 37.5. The molecule has 2 aromatic heterocycles. The van der Waals surface area contributed by atoms with Crippen LogP contribution in [0.15, 0.2) is 48.7 Å². The van der Waals surface area contributed by atoms with Gasteiger partial charge in [0.05, 0.1) is 28.0 Å². The number of halogens is 1. The maximum absolute atomic E-state index is 13.3. The zero-order valence-corrected chi connectivity index (χ0v) is 32.6. The molecule has 3 saturated heterocycles. The highest BCUT2D eigenvalue weighted by Gasteiger charge is 2.45. The zero-order valence-electron chi connectivity index (χ0n) is 31.0.